The molecular formula is C24H27N5O2. The Morgan fingerprint density at radius 3 is 2.52 bits per heavy atom. The lowest BCUT2D eigenvalue weighted by Crippen LogP contribution is -2.38. The third kappa shape index (κ3) is 5.57. The second-order valence-electron chi connectivity index (χ2n) is 7.93. The van der Waals surface area contributed by atoms with Crippen molar-refractivity contribution in [3.8, 4) is 5.69 Å². The van der Waals surface area contributed by atoms with Gasteiger partial charge in [0.2, 0.25) is 5.91 Å². The minimum atomic E-state index is 0.0698. The van der Waals surface area contributed by atoms with Crippen LogP contribution in [0.1, 0.15) is 41.6 Å². The summed E-state index contributed by atoms with van der Waals surface area (Å²) in [6.45, 7) is 1.99. The van der Waals surface area contributed by atoms with Gasteiger partial charge in [-0.05, 0) is 61.1 Å². The second-order valence-corrected chi connectivity index (χ2v) is 7.93. The van der Waals surface area contributed by atoms with Gasteiger partial charge in [0.05, 0.1) is 6.33 Å². The molecule has 4 rings (SSSR count). The van der Waals surface area contributed by atoms with Crippen LogP contribution in [-0.4, -0.2) is 44.3 Å². The third-order valence-electron chi connectivity index (χ3n) is 5.81. The largest absolute Gasteiger partial charge is 0.352 e. The van der Waals surface area contributed by atoms with Crippen LogP contribution in [-0.2, 0) is 11.3 Å². The van der Waals surface area contributed by atoms with Gasteiger partial charge < -0.3 is 14.8 Å². The van der Waals surface area contributed by atoms with Crippen molar-refractivity contribution in [3.63, 3.8) is 0 Å². The molecule has 0 spiro atoms. The van der Waals surface area contributed by atoms with Crippen LogP contribution in [0.5, 0.6) is 0 Å². The summed E-state index contributed by atoms with van der Waals surface area (Å²) in [5, 5.41) is 2.95. The zero-order chi connectivity index (χ0) is 21.5. The maximum absolute atomic E-state index is 12.8. The van der Waals surface area contributed by atoms with Crippen molar-refractivity contribution in [2.75, 3.05) is 13.1 Å². The number of nitrogens with one attached hydrogen (secondary N) is 1. The number of hydrogen-bond donors (Lipinski definition) is 1. The van der Waals surface area contributed by atoms with Gasteiger partial charge in [0.1, 0.15) is 0 Å². The highest BCUT2D eigenvalue weighted by Gasteiger charge is 2.24. The predicted molar refractivity (Wildman–Crippen MR) is 118 cm³/mol. The molecule has 31 heavy (non-hydrogen) atoms. The molecule has 1 aliphatic heterocycles. The van der Waals surface area contributed by atoms with Crippen LogP contribution in [0.25, 0.3) is 5.69 Å². The van der Waals surface area contributed by atoms with Gasteiger partial charge in [-0.15, -0.1) is 0 Å². The fraction of sp³-hybridized carbons (Fsp3) is 0.333. The van der Waals surface area contributed by atoms with E-state index in [1.807, 2.05) is 52.1 Å². The van der Waals surface area contributed by atoms with Gasteiger partial charge in [0.15, 0.2) is 0 Å². The average Bonchev–Trinajstić information content (AvgIpc) is 3.37. The number of carbonyl (C=O) groups excluding carboxylic acids is 2. The van der Waals surface area contributed by atoms with Gasteiger partial charge in [0, 0.05) is 62.1 Å². The predicted octanol–water partition coefficient (Wildman–Crippen LogP) is 3.22. The van der Waals surface area contributed by atoms with E-state index in [0.717, 1.165) is 43.6 Å². The van der Waals surface area contributed by atoms with E-state index in [1.165, 1.54) is 0 Å². The van der Waals surface area contributed by atoms with Gasteiger partial charge in [-0.2, -0.15) is 0 Å². The minimum Gasteiger partial charge on any atom is -0.352 e. The van der Waals surface area contributed by atoms with Crippen molar-refractivity contribution in [1.29, 1.82) is 0 Å². The summed E-state index contributed by atoms with van der Waals surface area (Å²) >= 11 is 0. The lowest BCUT2D eigenvalue weighted by molar-refractivity contribution is -0.121. The molecule has 0 aliphatic carbocycles. The molecule has 2 amide bonds. The van der Waals surface area contributed by atoms with Crippen LogP contribution in [0.2, 0.25) is 0 Å². The Morgan fingerprint density at radius 2 is 1.84 bits per heavy atom. The molecule has 1 fully saturated rings. The van der Waals surface area contributed by atoms with Crippen molar-refractivity contribution < 1.29 is 9.59 Å². The number of pyridine rings is 1. The van der Waals surface area contributed by atoms with E-state index in [1.54, 1.807) is 24.9 Å². The highest BCUT2D eigenvalue weighted by Crippen LogP contribution is 2.23. The molecule has 0 saturated carbocycles. The molecular weight excluding hydrogens is 390 g/mol. The molecule has 1 aromatic carbocycles. The van der Waals surface area contributed by atoms with Crippen molar-refractivity contribution in [3.05, 3.63) is 78.6 Å². The van der Waals surface area contributed by atoms with Crippen molar-refractivity contribution in [1.82, 2.24) is 24.8 Å². The van der Waals surface area contributed by atoms with Crippen LogP contribution in [0.4, 0.5) is 0 Å². The molecule has 0 atom stereocenters. The number of hydrogen-bond acceptors (Lipinski definition) is 4. The molecule has 0 bridgehead atoms. The maximum atomic E-state index is 12.8. The van der Waals surface area contributed by atoms with E-state index in [9.17, 15) is 9.59 Å². The Bertz CT molecular complexity index is 979. The second kappa shape index (κ2) is 10.0. The molecule has 3 heterocycles. The Kier molecular flexibility index (Phi) is 6.72. The zero-order valence-corrected chi connectivity index (χ0v) is 17.5. The fourth-order valence-corrected chi connectivity index (χ4v) is 3.92. The van der Waals surface area contributed by atoms with E-state index < -0.39 is 0 Å². The van der Waals surface area contributed by atoms with Gasteiger partial charge in [0.25, 0.3) is 5.91 Å². The van der Waals surface area contributed by atoms with E-state index in [0.29, 0.717) is 24.4 Å². The standard InChI is InChI=1S/C24H27N5O2/c30-23(27-17-20-2-1-11-25-16-20)8-3-19-9-13-28(14-10-19)24(31)21-4-6-22(7-5-21)29-15-12-26-18-29/h1-2,4-7,11-12,15-16,18-19H,3,8-10,13-14,17H2,(H,27,30). The van der Waals surface area contributed by atoms with Crippen molar-refractivity contribution >= 4 is 11.8 Å². The van der Waals surface area contributed by atoms with E-state index >= 15 is 0 Å². The number of carbonyl (C=O) groups is 2. The quantitative estimate of drug-likeness (QED) is 0.640. The molecule has 3 aromatic rings. The van der Waals surface area contributed by atoms with E-state index in [4.69, 9.17) is 0 Å². The summed E-state index contributed by atoms with van der Waals surface area (Å²) < 4.78 is 1.91. The third-order valence-corrected chi connectivity index (χ3v) is 5.81. The summed E-state index contributed by atoms with van der Waals surface area (Å²) in [5.41, 5.74) is 2.69. The number of rotatable bonds is 7. The number of amides is 2. The molecule has 0 unspecified atom stereocenters. The first-order valence-electron chi connectivity index (χ1n) is 10.7. The smallest absolute Gasteiger partial charge is 0.253 e. The van der Waals surface area contributed by atoms with Gasteiger partial charge in [-0.25, -0.2) is 4.98 Å². The highest BCUT2D eigenvalue weighted by atomic mass is 16.2. The molecule has 1 saturated heterocycles. The average molecular weight is 418 g/mol. The highest BCUT2D eigenvalue weighted by molar-refractivity contribution is 5.94. The number of likely N-dealkylation sites (tertiary alicyclic amines) is 1. The lowest BCUT2D eigenvalue weighted by atomic mass is 9.91. The molecule has 7 heteroatoms. The van der Waals surface area contributed by atoms with Gasteiger partial charge >= 0.3 is 0 Å². The Morgan fingerprint density at radius 1 is 1.03 bits per heavy atom. The molecule has 160 valence electrons. The summed E-state index contributed by atoms with van der Waals surface area (Å²) in [7, 11) is 0. The number of nitrogens with zero attached hydrogens (tertiary/aromatic N) is 4. The first-order chi connectivity index (χ1) is 15.2. The van der Waals surface area contributed by atoms with Crippen LogP contribution in [0.3, 0.4) is 0 Å². The first-order valence-corrected chi connectivity index (χ1v) is 10.7. The zero-order valence-electron chi connectivity index (χ0n) is 17.5. The van der Waals surface area contributed by atoms with Gasteiger partial charge in [-0.1, -0.05) is 6.07 Å². The first kappa shape index (κ1) is 20.8. The monoisotopic (exact) mass is 417 g/mol. The molecule has 1 aliphatic rings. The van der Waals surface area contributed by atoms with Crippen LogP contribution in [0, 0.1) is 5.92 Å². The molecule has 1 N–H and O–H groups in total. The normalized spacial score (nSPS) is 14.4. The van der Waals surface area contributed by atoms with Crippen LogP contribution < -0.4 is 5.32 Å². The summed E-state index contributed by atoms with van der Waals surface area (Å²) in [6.07, 6.45) is 12.1. The summed E-state index contributed by atoms with van der Waals surface area (Å²) in [5.74, 6) is 0.627. The van der Waals surface area contributed by atoms with Crippen molar-refractivity contribution in [2.45, 2.75) is 32.2 Å². The summed E-state index contributed by atoms with van der Waals surface area (Å²) in [6, 6.07) is 11.4. The van der Waals surface area contributed by atoms with E-state index in [-0.39, 0.29) is 11.8 Å². The lowest BCUT2D eigenvalue weighted by Gasteiger charge is -2.32. The minimum absolute atomic E-state index is 0.0698. The number of aromatic nitrogens is 3. The van der Waals surface area contributed by atoms with E-state index in [2.05, 4.69) is 15.3 Å². The Balaban J connectivity index is 1.19. The topological polar surface area (TPSA) is 80.1 Å². The SMILES string of the molecule is O=C(CCC1CCN(C(=O)c2ccc(-n3ccnc3)cc2)CC1)NCc1cccnc1. The van der Waals surface area contributed by atoms with Crippen molar-refractivity contribution in [2.24, 2.45) is 5.92 Å². The number of benzene rings is 1. The Labute approximate surface area is 182 Å². The maximum Gasteiger partial charge on any atom is 0.253 e. The van der Waals surface area contributed by atoms with Gasteiger partial charge in [-0.3, -0.25) is 14.6 Å². The fourth-order valence-electron chi connectivity index (χ4n) is 3.92. The molecule has 2 aromatic heterocycles. The van der Waals surface area contributed by atoms with Crippen LogP contribution in [0.15, 0.2) is 67.5 Å². The number of piperidine rings is 1. The summed E-state index contributed by atoms with van der Waals surface area (Å²) in [4.78, 5) is 35.0. The van der Waals surface area contributed by atoms with Crippen LogP contribution >= 0.6 is 0 Å². The molecule has 7 nitrogen and oxygen atoms in total. The number of imidazole rings is 1. The molecule has 0 radical (unpaired) electrons. The Hall–Kier alpha value is -3.48.